The molecule has 0 fully saturated rings. The van der Waals surface area contributed by atoms with Crippen LogP contribution >= 0.6 is 0 Å². The topological polar surface area (TPSA) is 91.5 Å². The molecule has 6 nitrogen and oxygen atoms in total. The highest BCUT2D eigenvalue weighted by Gasteiger charge is 1.96. The van der Waals surface area contributed by atoms with Crippen molar-refractivity contribution in [3.63, 3.8) is 0 Å². The first-order chi connectivity index (χ1) is 12.5. The van der Waals surface area contributed by atoms with E-state index >= 15 is 0 Å². The third-order valence-corrected chi connectivity index (χ3v) is 3.56. The number of rotatable bonds is 0. The predicted octanol–water partition coefficient (Wildman–Crippen LogP) is 3.49. The van der Waals surface area contributed by atoms with Crippen LogP contribution in [0.25, 0.3) is 22.1 Å². The molecule has 4 heterocycles. The van der Waals surface area contributed by atoms with Crippen molar-refractivity contribution in [2.75, 3.05) is 0 Å². The number of H-pyrrole nitrogens is 2. The Labute approximate surface area is 151 Å². The molecule has 4 rings (SSSR count). The molecule has 0 radical (unpaired) electrons. The molecule has 0 aliphatic heterocycles. The van der Waals surface area contributed by atoms with Crippen LogP contribution in [0.5, 0.6) is 0 Å². The minimum absolute atomic E-state index is 0.111. The Bertz CT molecular complexity index is 1130. The number of aromatic amines is 2. The van der Waals surface area contributed by atoms with Crippen LogP contribution < -0.4 is 11.1 Å². The second-order valence-electron chi connectivity index (χ2n) is 5.49. The second kappa shape index (κ2) is 8.71. The zero-order valence-electron chi connectivity index (χ0n) is 15.3. The third-order valence-electron chi connectivity index (χ3n) is 3.56. The molecule has 0 atom stereocenters. The first-order valence-electron chi connectivity index (χ1n) is 8.43. The molecule has 0 aliphatic rings. The van der Waals surface area contributed by atoms with Crippen LogP contribution in [0.1, 0.15) is 25.0 Å². The molecule has 0 bridgehead atoms. The number of aromatic nitrogens is 4. The molecule has 26 heavy (non-hydrogen) atoms. The SMILES string of the molecule is CC.Cc1ccnc2[nH]c(=O)ccc12.Cc1cnc2[nH]c(=O)ccc2c1. The van der Waals surface area contributed by atoms with Gasteiger partial charge in [-0.25, -0.2) is 9.97 Å². The van der Waals surface area contributed by atoms with Crippen LogP contribution in [-0.2, 0) is 0 Å². The highest BCUT2D eigenvalue weighted by Crippen LogP contribution is 2.10. The largest absolute Gasteiger partial charge is 0.307 e. The summed E-state index contributed by atoms with van der Waals surface area (Å²) in [4.78, 5) is 35.2. The number of aryl methyl sites for hydroxylation is 2. The van der Waals surface area contributed by atoms with E-state index in [9.17, 15) is 9.59 Å². The highest BCUT2D eigenvalue weighted by atomic mass is 16.1. The van der Waals surface area contributed by atoms with Crippen molar-refractivity contribution >= 4 is 22.1 Å². The van der Waals surface area contributed by atoms with Gasteiger partial charge in [-0.3, -0.25) is 9.59 Å². The van der Waals surface area contributed by atoms with Crippen LogP contribution in [0.15, 0.2) is 58.4 Å². The standard InChI is InChI=1S/2C9H8N2O.C2H6/c1-6-4-7-2-3-8(12)11-9(7)10-5-6;1-6-4-5-10-9-7(6)2-3-8(12)11-9;1-2/h2*2-5H,1H3,(H,10,11,12);1-2H3. The molecule has 0 amide bonds. The van der Waals surface area contributed by atoms with Gasteiger partial charge in [0, 0.05) is 35.3 Å². The van der Waals surface area contributed by atoms with Crippen molar-refractivity contribution in [3.8, 4) is 0 Å². The van der Waals surface area contributed by atoms with Gasteiger partial charge in [-0.05, 0) is 49.2 Å². The van der Waals surface area contributed by atoms with Crippen molar-refractivity contribution < 1.29 is 0 Å². The van der Waals surface area contributed by atoms with E-state index in [1.54, 1.807) is 24.5 Å². The highest BCUT2D eigenvalue weighted by molar-refractivity contribution is 5.77. The van der Waals surface area contributed by atoms with Gasteiger partial charge in [-0.15, -0.1) is 0 Å². The predicted molar refractivity (Wildman–Crippen MR) is 106 cm³/mol. The molecule has 4 aromatic rings. The molecule has 0 unspecified atom stereocenters. The van der Waals surface area contributed by atoms with Crippen LogP contribution in [-0.4, -0.2) is 19.9 Å². The van der Waals surface area contributed by atoms with E-state index in [0.29, 0.717) is 11.3 Å². The summed E-state index contributed by atoms with van der Waals surface area (Å²) in [5.74, 6) is 0. The van der Waals surface area contributed by atoms with Gasteiger partial charge in [0.2, 0.25) is 11.1 Å². The fourth-order valence-electron chi connectivity index (χ4n) is 2.34. The van der Waals surface area contributed by atoms with Gasteiger partial charge >= 0.3 is 0 Å². The van der Waals surface area contributed by atoms with Crippen molar-refractivity contribution in [2.45, 2.75) is 27.7 Å². The van der Waals surface area contributed by atoms with Gasteiger partial charge < -0.3 is 9.97 Å². The summed E-state index contributed by atoms with van der Waals surface area (Å²) in [5.41, 5.74) is 3.29. The average Bonchev–Trinajstić information content (AvgIpc) is 2.64. The molecule has 0 aliphatic carbocycles. The molecular weight excluding hydrogens is 328 g/mol. The maximum Gasteiger partial charge on any atom is 0.249 e. The Morgan fingerprint density at radius 1 is 0.808 bits per heavy atom. The summed E-state index contributed by atoms with van der Waals surface area (Å²) in [6, 6.07) is 10.5. The number of pyridine rings is 4. The van der Waals surface area contributed by atoms with E-state index in [-0.39, 0.29) is 11.1 Å². The summed E-state index contributed by atoms with van der Waals surface area (Å²) in [5, 5.41) is 1.96. The average molecular weight is 350 g/mol. The van der Waals surface area contributed by atoms with Crippen LogP contribution in [0.4, 0.5) is 0 Å². The lowest BCUT2D eigenvalue weighted by Gasteiger charge is -1.97. The lowest BCUT2D eigenvalue weighted by atomic mass is 10.2. The van der Waals surface area contributed by atoms with E-state index < -0.39 is 0 Å². The summed E-state index contributed by atoms with van der Waals surface area (Å²) in [7, 11) is 0. The van der Waals surface area contributed by atoms with Gasteiger partial charge in [0.05, 0.1) is 0 Å². The van der Waals surface area contributed by atoms with Gasteiger partial charge in [-0.2, -0.15) is 0 Å². The molecule has 0 saturated heterocycles. The first kappa shape index (κ1) is 19.1. The van der Waals surface area contributed by atoms with E-state index in [0.717, 1.165) is 21.9 Å². The summed E-state index contributed by atoms with van der Waals surface area (Å²) in [6.45, 7) is 7.96. The van der Waals surface area contributed by atoms with Gasteiger partial charge in [0.1, 0.15) is 11.3 Å². The summed E-state index contributed by atoms with van der Waals surface area (Å²) in [6.07, 6.45) is 3.42. The smallest absolute Gasteiger partial charge is 0.249 e. The molecule has 2 N–H and O–H groups in total. The fourth-order valence-corrected chi connectivity index (χ4v) is 2.34. The van der Waals surface area contributed by atoms with Crippen molar-refractivity contribution in [1.82, 2.24) is 19.9 Å². The second-order valence-corrected chi connectivity index (χ2v) is 5.49. The zero-order valence-corrected chi connectivity index (χ0v) is 15.3. The van der Waals surface area contributed by atoms with E-state index in [1.807, 2.05) is 39.8 Å². The van der Waals surface area contributed by atoms with E-state index in [1.165, 1.54) is 12.1 Å². The molecule has 134 valence electrons. The van der Waals surface area contributed by atoms with Gasteiger partial charge in [0.25, 0.3) is 0 Å². The van der Waals surface area contributed by atoms with Crippen LogP contribution in [0, 0.1) is 13.8 Å². The zero-order chi connectivity index (χ0) is 19.1. The molecule has 0 spiro atoms. The Morgan fingerprint density at radius 3 is 2.19 bits per heavy atom. The lowest BCUT2D eigenvalue weighted by molar-refractivity contribution is 1.21. The Kier molecular flexibility index (Phi) is 6.38. The maximum atomic E-state index is 10.9. The maximum absolute atomic E-state index is 10.9. The third kappa shape index (κ3) is 4.63. The van der Waals surface area contributed by atoms with Crippen molar-refractivity contribution in [2.24, 2.45) is 0 Å². The van der Waals surface area contributed by atoms with Crippen molar-refractivity contribution in [3.05, 3.63) is 80.6 Å². The van der Waals surface area contributed by atoms with E-state index in [2.05, 4.69) is 19.9 Å². The molecule has 6 heteroatoms. The monoisotopic (exact) mass is 350 g/mol. The molecular formula is C20H22N4O2. The number of hydrogen-bond acceptors (Lipinski definition) is 4. The Morgan fingerprint density at radius 2 is 1.46 bits per heavy atom. The Hall–Kier alpha value is -3.28. The van der Waals surface area contributed by atoms with Gasteiger partial charge in [0.15, 0.2) is 0 Å². The molecule has 0 aromatic carbocycles. The number of nitrogens with one attached hydrogen (secondary N) is 2. The Balaban J connectivity index is 0.000000171. The number of hydrogen-bond donors (Lipinski definition) is 2. The molecule has 0 saturated carbocycles. The fraction of sp³-hybridized carbons (Fsp3) is 0.200. The van der Waals surface area contributed by atoms with Crippen molar-refractivity contribution in [1.29, 1.82) is 0 Å². The summed E-state index contributed by atoms with van der Waals surface area (Å²) >= 11 is 0. The molecule has 4 aromatic heterocycles. The minimum atomic E-state index is -0.112. The number of fused-ring (bicyclic) bond motifs is 2. The van der Waals surface area contributed by atoms with Crippen LogP contribution in [0.2, 0.25) is 0 Å². The quantitative estimate of drug-likeness (QED) is 0.508. The lowest BCUT2D eigenvalue weighted by Crippen LogP contribution is -2.03. The first-order valence-corrected chi connectivity index (χ1v) is 8.43. The normalized spacial score (nSPS) is 9.85. The number of nitrogens with zero attached hydrogens (tertiary/aromatic N) is 2. The summed E-state index contributed by atoms with van der Waals surface area (Å²) < 4.78 is 0. The van der Waals surface area contributed by atoms with E-state index in [4.69, 9.17) is 0 Å². The van der Waals surface area contributed by atoms with Gasteiger partial charge in [-0.1, -0.05) is 13.8 Å². The van der Waals surface area contributed by atoms with Crippen LogP contribution in [0.3, 0.4) is 0 Å². The minimum Gasteiger partial charge on any atom is -0.307 e.